The molecule has 124 valence electrons. The van der Waals surface area contributed by atoms with E-state index in [1.54, 1.807) is 6.07 Å². The van der Waals surface area contributed by atoms with Gasteiger partial charge < -0.3 is 10.2 Å². The first-order valence-electron chi connectivity index (χ1n) is 7.58. The van der Waals surface area contributed by atoms with Crippen LogP contribution in [0.25, 0.3) is 0 Å². The number of nitrogens with one attached hydrogen (secondary N) is 1. The molecule has 0 saturated heterocycles. The highest BCUT2D eigenvalue weighted by Crippen LogP contribution is 2.31. The van der Waals surface area contributed by atoms with Crippen LogP contribution in [0.3, 0.4) is 0 Å². The van der Waals surface area contributed by atoms with Crippen LogP contribution < -0.4 is 10.2 Å². The Balaban J connectivity index is 1.99. The summed E-state index contributed by atoms with van der Waals surface area (Å²) in [4.78, 5) is 24.3. The quantitative estimate of drug-likeness (QED) is 0.675. The second-order valence-electron chi connectivity index (χ2n) is 5.73. The minimum atomic E-state index is -0.892. The first kappa shape index (κ1) is 15.9. The summed E-state index contributed by atoms with van der Waals surface area (Å²) in [6, 6.07) is 10.6. The van der Waals surface area contributed by atoms with Crippen molar-refractivity contribution in [3.63, 3.8) is 0 Å². The number of nitrogens with zero attached hydrogens (tertiary/aromatic N) is 2. The Hall–Kier alpha value is -2.96. The molecule has 0 bridgehead atoms. The molecule has 1 amide bonds. The standard InChI is InChI=1S/C17H16FN3O3/c1-11-8-9-20(16-5-3-2-4-15(16)19-11)17(22)13-7-6-12(21(23)24)10-14(13)18/h2-7,10-11,19H,8-9H2,1H3/t11-/m1/s1. The molecule has 1 N–H and O–H groups in total. The van der Waals surface area contributed by atoms with Gasteiger partial charge in [-0.15, -0.1) is 0 Å². The van der Waals surface area contributed by atoms with E-state index in [0.717, 1.165) is 17.8 Å². The molecule has 0 fully saturated rings. The number of carbonyl (C=O) groups excluding carboxylic acids is 1. The van der Waals surface area contributed by atoms with Gasteiger partial charge in [-0.1, -0.05) is 12.1 Å². The highest BCUT2D eigenvalue weighted by atomic mass is 19.1. The van der Waals surface area contributed by atoms with Gasteiger partial charge in [0.15, 0.2) is 0 Å². The Kier molecular flexibility index (Phi) is 4.16. The van der Waals surface area contributed by atoms with Crippen LogP contribution in [0.15, 0.2) is 42.5 Å². The summed E-state index contributed by atoms with van der Waals surface area (Å²) in [5.74, 6) is -1.40. The number of fused-ring (bicyclic) bond motifs is 1. The lowest BCUT2D eigenvalue weighted by molar-refractivity contribution is -0.385. The first-order chi connectivity index (χ1) is 11.5. The van der Waals surface area contributed by atoms with Gasteiger partial charge in [-0.25, -0.2) is 4.39 Å². The van der Waals surface area contributed by atoms with E-state index in [4.69, 9.17) is 0 Å². The van der Waals surface area contributed by atoms with Crippen molar-refractivity contribution in [1.29, 1.82) is 0 Å². The number of nitro benzene ring substituents is 1. The number of hydrogen-bond acceptors (Lipinski definition) is 4. The molecule has 2 aromatic rings. The van der Waals surface area contributed by atoms with Crippen LogP contribution >= 0.6 is 0 Å². The maximum atomic E-state index is 14.2. The summed E-state index contributed by atoms with van der Waals surface area (Å²) in [5, 5.41) is 14.0. The van der Waals surface area contributed by atoms with Crippen molar-refractivity contribution in [2.75, 3.05) is 16.8 Å². The van der Waals surface area contributed by atoms with Crippen LogP contribution in [0, 0.1) is 15.9 Å². The number of halogens is 1. The molecular weight excluding hydrogens is 313 g/mol. The summed E-state index contributed by atoms with van der Waals surface area (Å²) in [7, 11) is 0. The molecule has 3 rings (SSSR count). The fourth-order valence-corrected chi connectivity index (χ4v) is 2.76. The highest BCUT2D eigenvalue weighted by molar-refractivity contribution is 6.08. The molecule has 7 heteroatoms. The van der Waals surface area contributed by atoms with Gasteiger partial charge in [0.2, 0.25) is 0 Å². The molecule has 0 spiro atoms. The minimum Gasteiger partial charge on any atom is -0.381 e. The number of hydrogen-bond donors (Lipinski definition) is 1. The summed E-state index contributed by atoms with van der Waals surface area (Å²) < 4.78 is 14.2. The van der Waals surface area contributed by atoms with E-state index in [1.807, 2.05) is 25.1 Å². The third kappa shape index (κ3) is 2.92. The van der Waals surface area contributed by atoms with Crippen LogP contribution in [-0.2, 0) is 0 Å². The van der Waals surface area contributed by atoms with Crippen molar-refractivity contribution >= 4 is 23.0 Å². The number of para-hydroxylation sites is 2. The fraction of sp³-hybridized carbons (Fsp3) is 0.235. The summed E-state index contributed by atoms with van der Waals surface area (Å²) in [5.41, 5.74) is 0.920. The lowest BCUT2D eigenvalue weighted by Crippen LogP contribution is -2.32. The Morgan fingerprint density at radius 3 is 2.79 bits per heavy atom. The largest absolute Gasteiger partial charge is 0.381 e. The van der Waals surface area contributed by atoms with Gasteiger partial charge in [0.1, 0.15) is 5.82 Å². The molecule has 0 aliphatic carbocycles. The van der Waals surface area contributed by atoms with E-state index in [0.29, 0.717) is 18.7 Å². The van der Waals surface area contributed by atoms with Gasteiger partial charge in [0.25, 0.3) is 11.6 Å². The monoisotopic (exact) mass is 329 g/mol. The predicted molar refractivity (Wildman–Crippen MR) is 88.9 cm³/mol. The molecule has 0 unspecified atom stereocenters. The van der Waals surface area contributed by atoms with Gasteiger partial charge >= 0.3 is 0 Å². The third-order valence-corrected chi connectivity index (χ3v) is 4.02. The number of nitro groups is 1. The molecular formula is C17H16FN3O3. The molecule has 0 saturated carbocycles. The van der Waals surface area contributed by atoms with Gasteiger partial charge in [0.05, 0.1) is 27.9 Å². The molecule has 24 heavy (non-hydrogen) atoms. The van der Waals surface area contributed by atoms with Crippen molar-refractivity contribution in [2.24, 2.45) is 0 Å². The number of rotatable bonds is 2. The number of carbonyl (C=O) groups is 1. The third-order valence-electron chi connectivity index (χ3n) is 4.02. The van der Waals surface area contributed by atoms with E-state index in [2.05, 4.69) is 5.32 Å². The molecule has 1 heterocycles. The Labute approximate surface area is 138 Å². The van der Waals surface area contributed by atoms with Gasteiger partial charge in [-0.3, -0.25) is 14.9 Å². The highest BCUT2D eigenvalue weighted by Gasteiger charge is 2.26. The smallest absolute Gasteiger partial charge is 0.272 e. The summed E-state index contributed by atoms with van der Waals surface area (Å²) >= 11 is 0. The summed E-state index contributed by atoms with van der Waals surface area (Å²) in [6.07, 6.45) is 0.703. The van der Waals surface area contributed by atoms with Crippen molar-refractivity contribution in [3.8, 4) is 0 Å². The van der Waals surface area contributed by atoms with Crippen molar-refractivity contribution in [2.45, 2.75) is 19.4 Å². The van der Waals surface area contributed by atoms with Gasteiger partial charge in [-0.2, -0.15) is 0 Å². The molecule has 1 aliphatic heterocycles. The lowest BCUT2D eigenvalue weighted by Gasteiger charge is -2.22. The predicted octanol–water partition coefficient (Wildman–Crippen LogP) is 3.58. The molecule has 6 nitrogen and oxygen atoms in total. The van der Waals surface area contributed by atoms with Crippen LogP contribution in [0.5, 0.6) is 0 Å². The van der Waals surface area contributed by atoms with E-state index < -0.39 is 16.6 Å². The molecule has 1 atom stereocenters. The van der Waals surface area contributed by atoms with Crippen LogP contribution in [0.1, 0.15) is 23.7 Å². The van der Waals surface area contributed by atoms with Crippen LogP contribution in [0.4, 0.5) is 21.5 Å². The Morgan fingerprint density at radius 1 is 1.33 bits per heavy atom. The van der Waals surface area contributed by atoms with Crippen LogP contribution in [-0.4, -0.2) is 23.4 Å². The zero-order valence-corrected chi connectivity index (χ0v) is 13.0. The molecule has 1 aliphatic rings. The van der Waals surface area contributed by atoms with Crippen LogP contribution in [0.2, 0.25) is 0 Å². The maximum Gasteiger partial charge on any atom is 0.272 e. The normalized spacial score (nSPS) is 16.8. The van der Waals surface area contributed by atoms with Gasteiger partial charge in [-0.05, 0) is 31.5 Å². The van der Waals surface area contributed by atoms with E-state index in [-0.39, 0.29) is 17.3 Å². The van der Waals surface area contributed by atoms with E-state index >= 15 is 0 Å². The molecule has 0 aromatic heterocycles. The molecule has 0 radical (unpaired) electrons. The number of amides is 1. The first-order valence-corrected chi connectivity index (χ1v) is 7.58. The SMILES string of the molecule is C[C@@H]1CCN(C(=O)c2ccc([N+](=O)[O-])cc2F)c2ccccc2N1. The average molecular weight is 329 g/mol. The van der Waals surface area contributed by atoms with Crippen molar-refractivity contribution in [1.82, 2.24) is 0 Å². The number of benzene rings is 2. The molecule has 2 aromatic carbocycles. The number of anilines is 2. The second kappa shape index (κ2) is 6.27. The number of non-ortho nitro benzene ring substituents is 1. The second-order valence-corrected chi connectivity index (χ2v) is 5.73. The maximum absolute atomic E-state index is 14.2. The van der Waals surface area contributed by atoms with E-state index in [1.165, 1.54) is 11.0 Å². The Bertz CT molecular complexity index is 809. The van der Waals surface area contributed by atoms with Crippen molar-refractivity contribution < 1.29 is 14.1 Å². The lowest BCUT2D eigenvalue weighted by atomic mass is 10.1. The fourth-order valence-electron chi connectivity index (χ4n) is 2.76. The Morgan fingerprint density at radius 2 is 2.08 bits per heavy atom. The van der Waals surface area contributed by atoms with Gasteiger partial charge in [0, 0.05) is 18.7 Å². The van der Waals surface area contributed by atoms with E-state index in [9.17, 15) is 19.3 Å². The van der Waals surface area contributed by atoms with Crippen molar-refractivity contribution in [3.05, 3.63) is 64.0 Å². The zero-order valence-electron chi connectivity index (χ0n) is 13.0. The zero-order chi connectivity index (χ0) is 17.3. The average Bonchev–Trinajstić information content (AvgIpc) is 2.72. The topological polar surface area (TPSA) is 75.5 Å². The summed E-state index contributed by atoms with van der Waals surface area (Å²) in [6.45, 7) is 2.44. The minimum absolute atomic E-state index is 0.172.